The maximum atomic E-state index is 7.11. The number of hydrogen-bond donors (Lipinski definition) is 0. The Morgan fingerprint density at radius 2 is 1.20 bits per heavy atom. The summed E-state index contributed by atoms with van der Waals surface area (Å²) in [5.41, 5.74) is 10.4. The zero-order valence-corrected chi connectivity index (χ0v) is 26.9. The van der Waals surface area contributed by atoms with Crippen molar-refractivity contribution in [3.05, 3.63) is 175 Å². The van der Waals surface area contributed by atoms with Crippen LogP contribution in [0.2, 0.25) is 0 Å². The van der Waals surface area contributed by atoms with Gasteiger partial charge in [0, 0.05) is 68.3 Å². The molecular formula is C44H29N5O. The summed E-state index contributed by atoms with van der Waals surface area (Å²) in [6.07, 6.45) is 8.05. The van der Waals surface area contributed by atoms with E-state index in [2.05, 4.69) is 94.5 Å². The van der Waals surface area contributed by atoms with E-state index in [0.29, 0.717) is 17.5 Å². The quantitative estimate of drug-likeness (QED) is 0.187. The molecule has 2 atom stereocenters. The van der Waals surface area contributed by atoms with E-state index in [1.165, 1.54) is 10.9 Å². The van der Waals surface area contributed by atoms with Gasteiger partial charge in [-0.1, -0.05) is 109 Å². The largest absolute Gasteiger partial charge is 0.484 e. The molecule has 6 heteroatoms. The molecule has 8 aromatic rings. The minimum atomic E-state index is -0.205. The highest BCUT2D eigenvalue weighted by Gasteiger charge is 2.41. The molecular weight excluding hydrogens is 615 g/mol. The number of rotatable bonds is 5. The van der Waals surface area contributed by atoms with Gasteiger partial charge >= 0.3 is 0 Å². The molecule has 0 N–H and O–H groups in total. The van der Waals surface area contributed by atoms with Crippen molar-refractivity contribution in [3.8, 4) is 56.7 Å². The molecule has 2 aliphatic rings. The van der Waals surface area contributed by atoms with E-state index in [0.717, 1.165) is 56.0 Å². The summed E-state index contributed by atoms with van der Waals surface area (Å²) < 4.78 is 9.46. The minimum absolute atomic E-state index is 0.00748. The van der Waals surface area contributed by atoms with Crippen molar-refractivity contribution in [2.24, 2.45) is 0 Å². The Kier molecular flexibility index (Phi) is 6.52. The summed E-state index contributed by atoms with van der Waals surface area (Å²) in [5, 5.41) is 1.19. The third-order valence-corrected chi connectivity index (χ3v) is 9.69. The summed E-state index contributed by atoms with van der Waals surface area (Å²) in [5.74, 6) is 2.72. The molecule has 50 heavy (non-hydrogen) atoms. The van der Waals surface area contributed by atoms with Gasteiger partial charge in [0.2, 0.25) is 0 Å². The number of pyridine rings is 1. The molecule has 1 aliphatic carbocycles. The van der Waals surface area contributed by atoms with E-state index < -0.39 is 0 Å². The fraction of sp³-hybridized carbons (Fsp3) is 0.0455. The van der Waals surface area contributed by atoms with E-state index >= 15 is 0 Å². The molecule has 0 saturated carbocycles. The van der Waals surface area contributed by atoms with Crippen molar-refractivity contribution in [3.63, 3.8) is 0 Å². The molecule has 0 spiro atoms. The first kappa shape index (κ1) is 28.4. The average molecular weight is 644 g/mol. The van der Waals surface area contributed by atoms with E-state index in [4.69, 9.17) is 19.7 Å². The second-order valence-corrected chi connectivity index (χ2v) is 12.6. The number of aromatic nitrogens is 5. The van der Waals surface area contributed by atoms with E-state index in [1.807, 2.05) is 72.9 Å². The molecule has 5 aromatic carbocycles. The van der Waals surface area contributed by atoms with Crippen LogP contribution in [0.3, 0.4) is 0 Å². The number of hydrogen-bond acceptors (Lipinski definition) is 5. The maximum Gasteiger partial charge on any atom is 0.164 e. The van der Waals surface area contributed by atoms with Crippen molar-refractivity contribution in [2.45, 2.75) is 12.0 Å². The molecule has 2 unspecified atom stereocenters. The highest BCUT2D eigenvalue weighted by atomic mass is 16.5. The maximum absolute atomic E-state index is 7.11. The molecule has 0 amide bonds. The predicted octanol–water partition coefficient (Wildman–Crippen LogP) is 10.1. The standard InChI is InChI=1S/C44H29N5O/c1-4-13-28(14-5-1)42-46-43(29-15-6-2-7-16-29)48-44(47-42)31-25-35(30-17-12-24-45-27-30)40-36(26-31)33-22-23-38-39(41(33)50-40)34-20-10-11-21-37(34)49(38)32-18-8-3-9-19-32/h1-27,33,41H. The number of benzene rings is 5. The Bertz CT molecular complexity index is 2510. The van der Waals surface area contributed by atoms with Crippen LogP contribution in [0.5, 0.6) is 5.75 Å². The van der Waals surface area contributed by atoms with Crippen LogP contribution in [0.1, 0.15) is 28.8 Å². The van der Waals surface area contributed by atoms with Crippen LogP contribution in [-0.4, -0.2) is 24.5 Å². The van der Waals surface area contributed by atoms with Gasteiger partial charge in [0.15, 0.2) is 17.5 Å². The van der Waals surface area contributed by atoms with Gasteiger partial charge < -0.3 is 9.30 Å². The van der Waals surface area contributed by atoms with Crippen LogP contribution >= 0.6 is 0 Å². The van der Waals surface area contributed by atoms with Gasteiger partial charge in [-0.25, -0.2) is 15.0 Å². The second kappa shape index (κ2) is 11.5. The van der Waals surface area contributed by atoms with Crippen LogP contribution in [-0.2, 0) is 0 Å². The molecule has 6 nitrogen and oxygen atoms in total. The average Bonchev–Trinajstić information content (AvgIpc) is 3.74. The third kappa shape index (κ3) is 4.57. The van der Waals surface area contributed by atoms with Crippen molar-refractivity contribution in [2.75, 3.05) is 0 Å². The molecule has 4 heterocycles. The van der Waals surface area contributed by atoms with Crippen molar-refractivity contribution >= 4 is 17.0 Å². The number of ether oxygens (including phenoxy) is 1. The van der Waals surface area contributed by atoms with Gasteiger partial charge in [-0.3, -0.25) is 4.98 Å². The fourth-order valence-electron chi connectivity index (χ4n) is 7.44. The molecule has 0 bridgehead atoms. The van der Waals surface area contributed by atoms with Gasteiger partial charge in [0.1, 0.15) is 11.9 Å². The van der Waals surface area contributed by atoms with Crippen LogP contribution < -0.4 is 4.74 Å². The molecule has 1 aliphatic heterocycles. The van der Waals surface area contributed by atoms with Crippen LogP contribution in [0.25, 0.3) is 68.0 Å². The first-order valence-corrected chi connectivity index (χ1v) is 16.8. The Hall–Kier alpha value is -6.66. The van der Waals surface area contributed by atoms with E-state index in [1.54, 1.807) is 6.20 Å². The van der Waals surface area contributed by atoms with Crippen LogP contribution in [0, 0.1) is 0 Å². The van der Waals surface area contributed by atoms with Gasteiger partial charge in [-0.05, 0) is 42.5 Å². The number of para-hydroxylation sites is 2. The lowest BCUT2D eigenvalue weighted by Crippen LogP contribution is -2.13. The van der Waals surface area contributed by atoms with Crippen LogP contribution in [0.15, 0.2) is 158 Å². The van der Waals surface area contributed by atoms with Gasteiger partial charge in [0.25, 0.3) is 0 Å². The lowest BCUT2D eigenvalue weighted by Gasteiger charge is -2.22. The summed E-state index contributed by atoms with van der Waals surface area (Å²) in [7, 11) is 0. The third-order valence-electron chi connectivity index (χ3n) is 9.69. The highest BCUT2D eigenvalue weighted by Crippen LogP contribution is 2.56. The molecule has 0 saturated heterocycles. The van der Waals surface area contributed by atoms with Crippen molar-refractivity contribution in [1.82, 2.24) is 24.5 Å². The monoisotopic (exact) mass is 643 g/mol. The summed E-state index contributed by atoms with van der Waals surface area (Å²) in [4.78, 5) is 19.6. The summed E-state index contributed by atoms with van der Waals surface area (Å²) in [6, 6.07) is 47.7. The number of fused-ring (bicyclic) bond motifs is 7. The molecule has 0 radical (unpaired) electrons. The zero-order chi connectivity index (χ0) is 33.0. The first-order chi connectivity index (χ1) is 24.8. The Morgan fingerprint density at radius 1 is 0.580 bits per heavy atom. The normalized spacial score (nSPS) is 15.7. The predicted molar refractivity (Wildman–Crippen MR) is 198 cm³/mol. The topological polar surface area (TPSA) is 65.7 Å². The molecule has 236 valence electrons. The molecule has 10 rings (SSSR count). The Labute approximate surface area is 289 Å². The van der Waals surface area contributed by atoms with Crippen LogP contribution in [0.4, 0.5) is 0 Å². The van der Waals surface area contributed by atoms with Crippen molar-refractivity contribution in [1.29, 1.82) is 0 Å². The summed E-state index contributed by atoms with van der Waals surface area (Å²) in [6.45, 7) is 0. The lowest BCUT2D eigenvalue weighted by molar-refractivity contribution is 0.225. The van der Waals surface area contributed by atoms with Gasteiger partial charge in [-0.15, -0.1) is 0 Å². The van der Waals surface area contributed by atoms with E-state index in [-0.39, 0.29) is 12.0 Å². The summed E-state index contributed by atoms with van der Waals surface area (Å²) >= 11 is 0. The second-order valence-electron chi connectivity index (χ2n) is 12.6. The van der Waals surface area contributed by atoms with Crippen molar-refractivity contribution < 1.29 is 4.74 Å². The minimum Gasteiger partial charge on any atom is -0.484 e. The Balaban J connectivity index is 1.18. The molecule has 3 aromatic heterocycles. The number of nitrogens with zero attached hydrogens (tertiary/aromatic N) is 5. The SMILES string of the molecule is C1=CC2c3cc(-c4nc(-c5ccccc5)nc(-c5ccccc5)n4)cc(-c4cccnc4)c3OC2c2c1n(-c1ccccc1)c1ccccc21. The lowest BCUT2D eigenvalue weighted by atomic mass is 9.84. The first-order valence-electron chi connectivity index (χ1n) is 16.8. The zero-order valence-electron chi connectivity index (χ0n) is 26.9. The Morgan fingerprint density at radius 3 is 1.88 bits per heavy atom. The van der Waals surface area contributed by atoms with E-state index in [9.17, 15) is 0 Å². The smallest absolute Gasteiger partial charge is 0.164 e. The highest BCUT2D eigenvalue weighted by molar-refractivity contribution is 5.92. The van der Waals surface area contributed by atoms with Gasteiger partial charge in [0.05, 0.1) is 11.2 Å². The molecule has 0 fully saturated rings. The fourth-order valence-corrected chi connectivity index (χ4v) is 7.44. The van der Waals surface area contributed by atoms with Gasteiger partial charge in [-0.2, -0.15) is 0 Å².